The van der Waals surface area contributed by atoms with Crippen molar-refractivity contribution in [2.45, 2.75) is 51.6 Å². The third-order valence-corrected chi connectivity index (χ3v) is 6.16. The standard InChI is InChI=1S/C20H22N4O2S/c1-14-13-27-20-22-11-17(19(26)24(14)20)18(25)23(16-7-3-2-4-8-16)12-15-6-5-9-21-10-15/h5-6,9-11,13,16H,2-4,7-8,12H2,1H3. The van der Waals surface area contributed by atoms with Crippen molar-refractivity contribution in [1.29, 1.82) is 0 Å². The summed E-state index contributed by atoms with van der Waals surface area (Å²) < 4.78 is 1.53. The van der Waals surface area contributed by atoms with Crippen molar-refractivity contribution in [3.05, 3.63) is 63.3 Å². The summed E-state index contributed by atoms with van der Waals surface area (Å²) >= 11 is 1.41. The minimum Gasteiger partial charge on any atom is -0.331 e. The van der Waals surface area contributed by atoms with Crippen LogP contribution in [0.2, 0.25) is 0 Å². The molecule has 140 valence electrons. The van der Waals surface area contributed by atoms with E-state index in [9.17, 15) is 9.59 Å². The number of aromatic nitrogens is 3. The van der Waals surface area contributed by atoms with Gasteiger partial charge < -0.3 is 4.90 Å². The lowest BCUT2D eigenvalue weighted by atomic mass is 9.93. The van der Waals surface area contributed by atoms with Crippen molar-refractivity contribution < 1.29 is 4.79 Å². The van der Waals surface area contributed by atoms with E-state index in [1.165, 1.54) is 28.4 Å². The first-order valence-electron chi connectivity index (χ1n) is 9.31. The lowest BCUT2D eigenvalue weighted by Crippen LogP contribution is -2.43. The maximum atomic E-state index is 13.4. The summed E-state index contributed by atoms with van der Waals surface area (Å²) in [5, 5.41) is 1.88. The fraction of sp³-hybridized carbons (Fsp3) is 0.400. The van der Waals surface area contributed by atoms with Crippen LogP contribution >= 0.6 is 11.3 Å². The molecule has 1 saturated carbocycles. The molecule has 27 heavy (non-hydrogen) atoms. The number of carbonyl (C=O) groups excluding carboxylic acids is 1. The zero-order valence-corrected chi connectivity index (χ0v) is 16.1. The van der Waals surface area contributed by atoms with Gasteiger partial charge in [-0.3, -0.25) is 19.0 Å². The van der Waals surface area contributed by atoms with Gasteiger partial charge in [0, 0.05) is 42.3 Å². The van der Waals surface area contributed by atoms with E-state index in [2.05, 4.69) is 9.97 Å². The van der Waals surface area contributed by atoms with Crippen LogP contribution in [0.25, 0.3) is 4.96 Å². The molecule has 0 N–H and O–H groups in total. The third-order valence-electron chi connectivity index (χ3n) is 5.20. The number of thiazole rings is 1. The summed E-state index contributed by atoms with van der Waals surface area (Å²) in [5.74, 6) is -0.233. The highest BCUT2D eigenvalue weighted by molar-refractivity contribution is 7.15. The molecule has 0 aromatic carbocycles. The summed E-state index contributed by atoms with van der Waals surface area (Å²) in [7, 11) is 0. The van der Waals surface area contributed by atoms with Gasteiger partial charge in [0.15, 0.2) is 4.96 Å². The Balaban J connectivity index is 1.72. The van der Waals surface area contributed by atoms with Gasteiger partial charge in [-0.15, -0.1) is 11.3 Å². The summed E-state index contributed by atoms with van der Waals surface area (Å²) in [6.45, 7) is 2.32. The highest BCUT2D eigenvalue weighted by Gasteiger charge is 2.29. The second kappa shape index (κ2) is 7.60. The van der Waals surface area contributed by atoms with Gasteiger partial charge >= 0.3 is 0 Å². The predicted molar refractivity (Wildman–Crippen MR) is 105 cm³/mol. The molecule has 3 aromatic heterocycles. The average molecular weight is 382 g/mol. The minimum absolute atomic E-state index is 0.142. The van der Waals surface area contributed by atoms with Crippen LogP contribution in [0.1, 0.15) is 53.7 Å². The Morgan fingerprint density at radius 1 is 1.30 bits per heavy atom. The molecular formula is C20H22N4O2S. The van der Waals surface area contributed by atoms with Crippen molar-refractivity contribution in [1.82, 2.24) is 19.3 Å². The molecule has 1 fully saturated rings. The van der Waals surface area contributed by atoms with Crippen LogP contribution in [0.3, 0.4) is 0 Å². The SMILES string of the molecule is Cc1csc2ncc(C(=O)N(Cc3cccnc3)C3CCCCC3)c(=O)n12. The van der Waals surface area contributed by atoms with Crippen molar-refractivity contribution >= 4 is 22.2 Å². The average Bonchev–Trinajstić information content (AvgIpc) is 3.09. The van der Waals surface area contributed by atoms with E-state index < -0.39 is 0 Å². The maximum absolute atomic E-state index is 13.4. The van der Waals surface area contributed by atoms with E-state index in [-0.39, 0.29) is 23.1 Å². The number of pyridine rings is 1. The van der Waals surface area contributed by atoms with Crippen LogP contribution in [0.15, 0.2) is 40.9 Å². The van der Waals surface area contributed by atoms with Crippen LogP contribution in [0.4, 0.5) is 0 Å². The van der Waals surface area contributed by atoms with Gasteiger partial charge in [-0.05, 0) is 31.4 Å². The zero-order chi connectivity index (χ0) is 18.8. The molecule has 0 spiro atoms. The first kappa shape index (κ1) is 17.9. The van der Waals surface area contributed by atoms with E-state index in [1.807, 2.05) is 29.3 Å². The highest BCUT2D eigenvalue weighted by atomic mass is 32.1. The summed E-state index contributed by atoms with van der Waals surface area (Å²) in [4.78, 5) is 37.3. The van der Waals surface area contributed by atoms with Crippen molar-refractivity contribution in [3.63, 3.8) is 0 Å². The second-order valence-electron chi connectivity index (χ2n) is 7.06. The molecule has 4 rings (SSSR count). The molecule has 7 heteroatoms. The van der Waals surface area contributed by atoms with Crippen LogP contribution in [-0.2, 0) is 6.54 Å². The van der Waals surface area contributed by atoms with Gasteiger partial charge in [0.05, 0.1) is 0 Å². The van der Waals surface area contributed by atoms with Gasteiger partial charge in [-0.25, -0.2) is 4.98 Å². The largest absolute Gasteiger partial charge is 0.331 e. The zero-order valence-electron chi connectivity index (χ0n) is 15.3. The monoisotopic (exact) mass is 382 g/mol. The van der Waals surface area contributed by atoms with Crippen LogP contribution in [-0.4, -0.2) is 31.2 Å². The topological polar surface area (TPSA) is 67.6 Å². The fourth-order valence-electron chi connectivity index (χ4n) is 3.77. The Morgan fingerprint density at radius 3 is 2.85 bits per heavy atom. The number of hydrogen-bond acceptors (Lipinski definition) is 5. The number of hydrogen-bond donors (Lipinski definition) is 0. The Kier molecular flexibility index (Phi) is 5.03. The Bertz CT molecular complexity index is 1010. The third kappa shape index (κ3) is 3.51. The highest BCUT2D eigenvalue weighted by Crippen LogP contribution is 2.25. The molecule has 0 saturated heterocycles. The van der Waals surface area contributed by atoms with Crippen molar-refractivity contribution in [2.24, 2.45) is 0 Å². The molecule has 3 heterocycles. The summed E-state index contributed by atoms with van der Waals surface area (Å²) in [6, 6.07) is 3.99. The maximum Gasteiger partial charge on any atom is 0.271 e. The normalized spacial score (nSPS) is 15.1. The van der Waals surface area contributed by atoms with Crippen LogP contribution in [0, 0.1) is 6.92 Å². The number of carbonyl (C=O) groups is 1. The fourth-order valence-corrected chi connectivity index (χ4v) is 4.60. The van der Waals surface area contributed by atoms with E-state index in [0.717, 1.165) is 36.9 Å². The molecule has 0 bridgehead atoms. The smallest absolute Gasteiger partial charge is 0.271 e. The van der Waals surface area contributed by atoms with E-state index in [1.54, 1.807) is 12.4 Å². The van der Waals surface area contributed by atoms with E-state index >= 15 is 0 Å². The molecule has 0 aliphatic heterocycles. The number of amides is 1. The lowest BCUT2D eigenvalue weighted by molar-refractivity contribution is 0.0611. The van der Waals surface area contributed by atoms with E-state index in [4.69, 9.17) is 0 Å². The molecular weight excluding hydrogens is 360 g/mol. The van der Waals surface area contributed by atoms with Gasteiger partial charge in [0.2, 0.25) is 0 Å². The Morgan fingerprint density at radius 2 is 2.11 bits per heavy atom. The second-order valence-corrected chi connectivity index (χ2v) is 7.89. The summed E-state index contributed by atoms with van der Waals surface area (Å²) in [5.41, 5.74) is 1.63. The Labute approximate surface area is 161 Å². The first-order chi connectivity index (χ1) is 13.1. The number of rotatable bonds is 4. The van der Waals surface area contributed by atoms with Crippen molar-refractivity contribution in [3.8, 4) is 0 Å². The molecule has 1 amide bonds. The molecule has 0 unspecified atom stereocenters. The van der Waals surface area contributed by atoms with Crippen LogP contribution < -0.4 is 5.56 Å². The lowest BCUT2D eigenvalue weighted by Gasteiger charge is -2.34. The number of nitrogens with zero attached hydrogens (tertiary/aromatic N) is 4. The molecule has 6 nitrogen and oxygen atoms in total. The predicted octanol–water partition coefficient (Wildman–Crippen LogP) is 3.43. The van der Waals surface area contributed by atoms with Gasteiger partial charge in [0.25, 0.3) is 11.5 Å². The molecule has 0 radical (unpaired) electrons. The van der Waals surface area contributed by atoms with E-state index in [0.29, 0.717) is 11.5 Å². The quantitative estimate of drug-likeness (QED) is 0.693. The minimum atomic E-state index is -0.282. The number of aryl methyl sites for hydroxylation is 1. The molecule has 0 atom stereocenters. The van der Waals surface area contributed by atoms with Gasteiger partial charge in [-0.1, -0.05) is 25.3 Å². The molecule has 1 aliphatic rings. The van der Waals surface area contributed by atoms with Gasteiger partial charge in [-0.2, -0.15) is 0 Å². The number of fused-ring (bicyclic) bond motifs is 1. The van der Waals surface area contributed by atoms with Crippen LogP contribution in [0.5, 0.6) is 0 Å². The first-order valence-corrected chi connectivity index (χ1v) is 10.2. The van der Waals surface area contributed by atoms with Gasteiger partial charge in [0.1, 0.15) is 5.56 Å². The Hall–Kier alpha value is -2.54. The summed E-state index contributed by atoms with van der Waals surface area (Å²) in [6.07, 6.45) is 10.3. The van der Waals surface area contributed by atoms with Crippen molar-refractivity contribution in [2.75, 3.05) is 0 Å². The molecule has 1 aliphatic carbocycles. The molecule has 3 aromatic rings.